The molecule has 0 aromatic heterocycles. The highest BCUT2D eigenvalue weighted by atomic mass is 32.2. The van der Waals surface area contributed by atoms with Crippen molar-refractivity contribution in [3.63, 3.8) is 0 Å². The van der Waals surface area contributed by atoms with Crippen LogP contribution in [-0.4, -0.2) is 34.8 Å². The first-order valence-electron chi connectivity index (χ1n) is 8.43. The molecule has 1 amide bonds. The molecule has 0 aliphatic rings. The molecule has 0 fully saturated rings. The first-order chi connectivity index (χ1) is 11.0. The number of aryl methyl sites for hydroxylation is 2. The third-order valence-corrected chi connectivity index (χ3v) is 4.41. The quantitative estimate of drug-likeness (QED) is 0.579. The molecule has 0 saturated carbocycles. The highest BCUT2D eigenvalue weighted by Gasteiger charge is 2.16. The fourth-order valence-electron chi connectivity index (χ4n) is 2.23. The number of hydrogen-bond donors (Lipinski definition) is 0. The van der Waals surface area contributed by atoms with Gasteiger partial charge in [-0.15, -0.1) is 0 Å². The number of carbonyl (C=O) groups excluding carboxylic acids is 1. The zero-order chi connectivity index (χ0) is 17.2. The topological polar surface area (TPSA) is 32.8 Å². The van der Waals surface area contributed by atoms with Crippen LogP contribution in [0.2, 0.25) is 0 Å². The van der Waals surface area contributed by atoms with Crippen LogP contribution >= 0.6 is 12.1 Å². The molecule has 0 heterocycles. The van der Waals surface area contributed by atoms with Gasteiger partial charge in [-0.25, -0.2) is 13.4 Å². The maximum Gasteiger partial charge on any atom is 0.426 e. The third kappa shape index (κ3) is 7.75. The predicted molar refractivity (Wildman–Crippen MR) is 98.7 cm³/mol. The number of amides is 1. The number of carbonyl (C=O) groups is 1. The molecule has 0 saturated heterocycles. The molecule has 130 valence electrons. The second-order valence-electron chi connectivity index (χ2n) is 5.91. The fourth-order valence-corrected chi connectivity index (χ4v) is 3.10. The van der Waals surface area contributed by atoms with E-state index in [1.165, 1.54) is 12.1 Å². The van der Waals surface area contributed by atoms with Gasteiger partial charge in [-0.05, 0) is 49.9 Å². The summed E-state index contributed by atoms with van der Waals surface area (Å²) in [6, 6.07) is 5.83. The molecule has 0 spiro atoms. The lowest BCUT2D eigenvalue weighted by Crippen LogP contribution is -2.30. The minimum absolute atomic E-state index is 0.335. The lowest BCUT2D eigenvalue weighted by Gasteiger charge is -2.25. The maximum absolute atomic E-state index is 12.3. The molecule has 0 aliphatic carbocycles. The number of hydrogen-bond acceptors (Lipinski definition) is 4. The molecule has 0 radical (unpaired) electrons. The van der Waals surface area contributed by atoms with E-state index < -0.39 is 0 Å². The Balaban J connectivity index is 2.58. The summed E-state index contributed by atoms with van der Waals surface area (Å²) < 4.78 is 9.31. The monoisotopic (exact) mass is 338 g/mol. The summed E-state index contributed by atoms with van der Waals surface area (Å²) in [6.45, 7) is 10.3. The molecule has 0 bridgehead atoms. The molecule has 1 aromatic carbocycles. The molecule has 5 heteroatoms. The number of unbranched alkanes of at least 4 members (excludes halogenated alkanes) is 2. The van der Waals surface area contributed by atoms with Crippen LogP contribution < -0.4 is 4.74 Å². The van der Waals surface area contributed by atoms with Gasteiger partial charge in [0.2, 0.25) is 0 Å². The molecule has 4 nitrogen and oxygen atoms in total. The van der Waals surface area contributed by atoms with Crippen molar-refractivity contribution in [2.75, 3.05) is 20.1 Å². The van der Waals surface area contributed by atoms with Crippen LogP contribution in [0.3, 0.4) is 0 Å². The van der Waals surface area contributed by atoms with Gasteiger partial charge < -0.3 is 4.74 Å². The second kappa shape index (κ2) is 10.6. The van der Waals surface area contributed by atoms with E-state index in [0.29, 0.717) is 5.75 Å². The third-order valence-electron chi connectivity index (χ3n) is 3.42. The summed E-state index contributed by atoms with van der Waals surface area (Å²) in [6.07, 6.45) is 4.24. The first kappa shape index (κ1) is 19.8. The van der Waals surface area contributed by atoms with Gasteiger partial charge in [-0.3, -0.25) is 0 Å². The first-order valence-corrected chi connectivity index (χ1v) is 9.16. The van der Waals surface area contributed by atoms with Crippen molar-refractivity contribution in [2.45, 2.75) is 53.4 Å². The number of benzene rings is 1. The Hall–Kier alpha value is -1.20. The zero-order valence-corrected chi connectivity index (χ0v) is 15.9. The lowest BCUT2D eigenvalue weighted by atomic mass is 10.1. The van der Waals surface area contributed by atoms with E-state index in [1.807, 2.05) is 26.0 Å². The predicted octanol–water partition coefficient (Wildman–Crippen LogP) is 5.20. The van der Waals surface area contributed by atoms with E-state index in [2.05, 4.69) is 24.2 Å². The Labute approximate surface area is 145 Å². The normalized spacial score (nSPS) is 10.9. The van der Waals surface area contributed by atoms with Gasteiger partial charge in [-0.2, -0.15) is 0 Å². The average molecular weight is 339 g/mol. The minimum atomic E-state index is -0.335. The SMILES string of the molecule is CCCCN(CCCC)SN(C)C(=O)Oc1cc(C)cc(C)c1. The van der Waals surface area contributed by atoms with Crippen LogP contribution in [-0.2, 0) is 0 Å². The Morgan fingerprint density at radius 3 is 2.04 bits per heavy atom. The smallest absolute Gasteiger partial charge is 0.410 e. The summed E-state index contributed by atoms with van der Waals surface area (Å²) in [5.41, 5.74) is 2.19. The van der Waals surface area contributed by atoms with Crippen LogP contribution in [0.15, 0.2) is 18.2 Å². The summed E-state index contributed by atoms with van der Waals surface area (Å²) >= 11 is 1.45. The fraction of sp³-hybridized carbons (Fsp3) is 0.611. The van der Waals surface area contributed by atoms with Crippen LogP contribution in [0.5, 0.6) is 5.75 Å². The molecule has 0 atom stereocenters. The summed E-state index contributed by atoms with van der Waals surface area (Å²) in [7, 11) is 1.76. The number of ether oxygens (including phenoxy) is 1. The van der Waals surface area contributed by atoms with E-state index in [4.69, 9.17) is 4.74 Å². The molecule has 1 rings (SSSR count). The van der Waals surface area contributed by atoms with Gasteiger partial charge in [0.25, 0.3) is 0 Å². The Kier molecular flexibility index (Phi) is 9.10. The highest BCUT2D eigenvalue weighted by Crippen LogP contribution is 2.21. The van der Waals surface area contributed by atoms with Crippen molar-refractivity contribution < 1.29 is 9.53 Å². The molecule has 0 aliphatic heterocycles. The Morgan fingerprint density at radius 1 is 1.04 bits per heavy atom. The van der Waals surface area contributed by atoms with Gasteiger partial charge in [0.15, 0.2) is 0 Å². The molecule has 23 heavy (non-hydrogen) atoms. The van der Waals surface area contributed by atoms with E-state index in [-0.39, 0.29) is 6.09 Å². The van der Waals surface area contributed by atoms with Gasteiger partial charge >= 0.3 is 6.09 Å². The summed E-state index contributed by atoms with van der Waals surface area (Å²) in [4.78, 5) is 12.3. The van der Waals surface area contributed by atoms with Gasteiger partial charge in [-0.1, -0.05) is 32.8 Å². The molecular formula is C18H30N2O2S. The van der Waals surface area contributed by atoms with Crippen LogP contribution in [0.25, 0.3) is 0 Å². The van der Waals surface area contributed by atoms with E-state index in [9.17, 15) is 4.79 Å². The van der Waals surface area contributed by atoms with Crippen LogP contribution in [0.4, 0.5) is 4.79 Å². The standard InChI is InChI=1S/C18H30N2O2S/c1-6-8-10-20(11-9-7-2)23-19(5)18(21)22-17-13-15(3)12-16(4)14-17/h12-14H,6-11H2,1-5H3. The average Bonchev–Trinajstić information content (AvgIpc) is 2.48. The number of rotatable bonds is 9. The van der Waals surface area contributed by atoms with E-state index >= 15 is 0 Å². The summed E-state index contributed by atoms with van der Waals surface area (Å²) in [5, 5.41) is 0. The molecular weight excluding hydrogens is 308 g/mol. The second-order valence-corrected chi connectivity index (χ2v) is 7.13. The maximum atomic E-state index is 12.3. The molecule has 0 N–H and O–H groups in total. The van der Waals surface area contributed by atoms with Crippen molar-refractivity contribution in [1.82, 2.24) is 8.61 Å². The van der Waals surface area contributed by atoms with Crippen molar-refractivity contribution in [2.24, 2.45) is 0 Å². The van der Waals surface area contributed by atoms with Crippen LogP contribution in [0.1, 0.15) is 50.7 Å². The van der Waals surface area contributed by atoms with Gasteiger partial charge in [0, 0.05) is 32.3 Å². The van der Waals surface area contributed by atoms with Crippen molar-refractivity contribution in [3.8, 4) is 5.75 Å². The van der Waals surface area contributed by atoms with E-state index in [1.54, 1.807) is 11.4 Å². The van der Waals surface area contributed by atoms with Gasteiger partial charge in [0.1, 0.15) is 5.75 Å². The van der Waals surface area contributed by atoms with Crippen molar-refractivity contribution >= 4 is 18.2 Å². The summed E-state index contributed by atoms with van der Waals surface area (Å²) in [5.74, 6) is 0.605. The van der Waals surface area contributed by atoms with E-state index in [0.717, 1.165) is 49.9 Å². The van der Waals surface area contributed by atoms with Crippen molar-refractivity contribution in [1.29, 1.82) is 0 Å². The van der Waals surface area contributed by atoms with Gasteiger partial charge in [0.05, 0.1) is 0 Å². The van der Waals surface area contributed by atoms with Crippen LogP contribution in [0, 0.1) is 13.8 Å². The Morgan fingerprint density at radius 2 is 1.57 bits per heavy atom. The van der Waals surface area contributed by atoms with Crippen molar-refractivity contribution in [3.05, 3.63) is 29.3 Å². The number of nitrogens with zero attached hydrogens (tertiary/aromatic N) is 2. The lowest BCUT2D eigenvalue weighted by molar-refractivity contribution is 0.186. The Bertz CT molecular complexity index is 466. The minimum Gasteiger partial charge on any atom is -0.410 e. The molecule has 0 unspecified atom stereocenters. The zero-order valence-electron chi connectivity index (χ0n) is 15.1. The molecule has 1 aromatic rings. The largest absolute Gasteiger partial charge is 0.426 e. The highest BCUT2D eigenvalue weighted by molar-refractivity contribution is 7.95.